The monoisotopic (exact) mass is 318 g/mol. The first kappa shape index (κ1) is 21.9. The van der Waals surface area contributed by atoms with Gasteiger partial charge in [0.15, 0.2) is 0 Å². The summed E-state index contributed by atoms with van der Waals surface area (Å²) in [6.45, 7) is 4.65. The maximum atomic E-state index is 8.66. The van der Waals surface area contributed by atoms with Gasteiger partial charge in [0.2, 0.25) is 0 Å². The van der Waals surface area contributed by atoms with Crippen LogP contribution in [-0.4, -0.2) is 11.7 Å². The molecular formula is C22H38O. The van der Waals surface area contributed by atoms with E-state index >= 15 is 0 Å². The average molecular weight is 319 g/mol. The van der Waals surface area contributed by atoms with E-state index in [1.165, 1.54) is 38.5 Å². The van der Waals surface area contributed by atoms with Crippen LogP contribution >= 0.6 is 0 Å². The van der Waals surface area contributed by atoms with Crippen LogP contribution in [0.15, 0.2) is 48.6 Å². The highest BCUT2D eigenvalue weighted by Crippen LogP contribution is 2.18. The average Bonchev–Trinajstić information content (AvgIpc) is 2.57. The highest BCUT2D eigenvalue weighted by Gasteiger charge is 2.03. The first-order valence-electron chi connectivity index (χ1n) is 9.55. The van der Waals surface area contributed by atoms with Crippen molar-refractivity contribution < 1.29 is 5.11 Å². The predicted octanol–water partition coefficient (Wildman–Crippen LogP) is 6.76. The van der Waals surface area contributed by atoms with Crippen molar-refractivity contribution in [2.45, 2.75) is 78.1 Å². The number of aliphatic hydroxyl groups is 1. The second-order valence-electron chi connectivity index (χ2n) is 6.10. The summed E-state index contributed by atoms with van der Waals surface area (Å²) < 4.78 is 0. The van der Waals surface area contributed by atoms with E-state index in [4.69, 9.17) is 5.11 Å². The van der Waals surface area contributed by atoms with Crippen LogP contribution < -0.4 is 0 Å². The number of allylic oxidation sites excluding steroid dienone is 7. The molecule has 1 heteroatoms. The summed E-state index contributed by atoms with van der Waals surface area (Å²) in [6.07, 6.45) is 29.7. The Hall–Kier alpha value is -1.08. The van der Waals surface area contributed by atoms with Crippen LogP contribution in [0.5, 0.6) is 0 Å². The van der Waals surface area contributed by atoms with Gasteiger partial charge >= 0.3 is 0 Å². The molecule has 0 bridgehead atoms. The molecule has 0 rings (SSSR count). The van der Waals surface area contributed by atoms with Gasteiger partial charge in [-0.1, -0.05) is 88.1 Å². The number of unbranched alkanes of at least 4 members (excludes halogenated alkanes) is 3. The second-order valence-corrected chi connectivity index (χ2v) is 6.10. The summed E-state index contributed by atoms with van der Waals surface area (Å²) in [7, 11) is 0. The van der Waals surface area contributed by atoms with Gasteiger partial charge in [-0.05, 0) is 44.4 Å². The van der Waals surface area contributed by atoms with Gasteiger partial charge in [-0.3, -0.25) is 0 Å². The third kappa shape index (κ3) is 17.1. The van der Waals surface area contributed by atoms with Gasteiger partial charge < -0.3 is 5.11 Å². The van der Waals surface area contributed by atoms with Crippen LogP contribution in [0.1, 0.15) is 78.1 Å². The lowest BCUT2D eigenvalue weighted by Crippen LogP contribution is -1.97. The van der Waals surface area contributed by atoms with Crippen LogP contribution in [0, 0.1) is 5.92 Å². The molecule has 0 aliphatic carbocycles. The normalized spacial score (nSPS) is 14.0. The molecule has 0 amide bonds. The fourth-order valence-electron chi connectivity index (χ4n) is 2.55. The predicted molar refractivity (Wildman–Crippen MR) is 105 cm³/mol. The minimum absolute atomic E-state index is 0.175. The number of hydrogen-bond acceptors (Lipinski definition) is 1. The number of rotatable bonds is 15. The summed E-state index contributed by atoms with van der Waals surface area (Å²) in [5.41, 5.74) is 0. The van der Waals surface area contributed by atoms with Crippen molar-refractivity contribution in [3.63, 3.8) is 0 Å². The van der Waals surface area contributed by atoms with Gasteiger partial charge in [-0.25, -0.2) is 0 Å². The minimum atomic E-state index is 0.175. The molecule has 1 N–H and O–H groups in total. The summed E-state index contributed by atoms with van der Waals surface area (Å²) in [5.74, 6) is 0.843. The molecule has 0 spiro atoms. The van der Waals surface area contributed by atoms with Crippen LogP contribution in [-0.2, 0) is 0 Å². The highest BCUT2D eigenvalue weighted by molar-refractivity contribution is 4.97. The fourth-order valence-corrected chi connectivity index (χ4v) is 2.55. The zero-order valence-electron chi connectivity index (χ0n) is 15.4. The van der Waals surface area contributed by atoms with Gasteiger partial charge in [-0.2, -0.15) is 0 Å². The van der Waals surface area contributed by atoms with Crippen molar-refractivity contribution in [1.29, 1.82) is 0 Å². The van der Waals surface area contributed by atoms with E-state index in [0.717, 1.165) is 31.6 Å². The molecule has 1 nitrogen and oxygen atoms in total. The molecular weight excluding hydrogens is 280 g/mol. The quantitative estimate of drug-likeness (QED) is 0.261. The van der Waals surface area contributed by atoms with Crippen molar-refractivity contribution in [3.8, 4) is 0 Å². The molecule has 0 heterocycles. The topological polar surface area (TPSA) is 20.2 Å². The van der Waals surface area contributed by atoms with Gasteiger partial charge in [0.25, 0.3) is 0 Å². The van der Waals surface area contributed by atoms with E-state index in [1.807, 2.05) is 6.08 Å². The van der Waals surface area contributed by atoms with Gasteiger partial charge in [-0.15, -0.1) is 0 Å². The lowest BCUT2D eigenvalue weighted by atomic mass is 9.94. The van der Waals surface area contributed by atoms with Crippen molar-refractivity contribution >= 4 is 0 Å². The smallest absolute Gasteiger partial charge is 0.0612 e. The largest absolute Gasteiger partial charge is 0.392 e. The lowest BCUT2D eigenvalue weighted by molar-refractivity contribution is 0.342. The van der Waals surface area contributed by atoms with Crippen molar-refractivity contribution in [2.75, 3.05) is 6.61 Å². The van der Waals surface area contributed by atoms with Crippen LogP contribution in [0.25, 0.3) is 0 Å². The molecule has 0 aromatic carbocycles. The van der Waals surface area contributed by atoms with E-state index in [9.17, 15) is 0 Å². The molecule has 1 unspecified atom stereocenters. The molecule has 0 aliphatic rings. The molecule has 132 valence electrons. The minimum Gasteiger partial charge on any atom is -0.392 e. The standard InChI is InChI=1S/C22H38O/c1-3-5-6-7-8-9-10-13-16-19-22(4-2)20-17-14-11-12-15-18-21-23/h5-6,8-9,13,15-16,18,22-23H,3-4,7,10-12,14,17,19-21H2,1-2H3/b6-5?,9-8?,16-13?,18-15+. The van der Waals surface area contributed by atoms with E-state index in [1.54, 1.807) is 0 Å². The summed E-state index contributed by atoms with van der Waals surface area (Å²) in [4.78, 5) is 0. The molecule has 0 fully saturated rings. The highest BCUT2D eigenvalue weighted by atomic mass is 16.2. The Labute approximate surface area is 144 Å². The van der Waals surface area contributed by atoms with Crippen LogP contribution in [0.3, 0.4) is 0 Å². The van der Waals surface area contributed by atoms with Gasteiger partial charge in [0.05, 0.1) is 6.61 Å². The number of hydrogen-bond donors (Lipinski definition) is 1. The summed E-state index contributed by atoms with van der Waals surface area (Å²) in [5, 5.41) is 8.66. The van der Waals surface area contributed by atoms with Gasteiger partial charge in [0, 0.05) is 0 Å². The summed E-state index contributed by atoms with van der Waals surface area (Å²) >= 11 is 0. The van der Waals surface area contributed by atoms with Crippen molar-refractivity contribution in [1.82, 2.24) is 0 Å². The van der Waals surface area contributed by atoms with Crippen molar-refractivity contribution in [2.24, 2.45) is 5.92 Å². The Bertz CT molecular complexity index is 336. The van der Waals surface area contributed by atoms with Gasteiger partial charge in [0.1, 0.15) is 0 Å². The third-order valence-corrected chi connectivity index (χ3v) is 4.08. The van der Waals surface area contributed by atoms with Crippen LogP contribution in [0.4, 0.5) is 0 Å². The zero-order valence-corrected chi connectivity index (χ0v) is 15.4. The fraction of sp³-hybridized carbons (Fsp3) is 0.636. The molecule has 23 heavy (non-hydrogen) atoms. The molecule has 1 atom stereocenters. The summed E-state index contributed by atoms with van der Waals surface area (Å²) in [6, 6.07) is 0. The molecule has 0 saturated carbocycles. The molecule has 0 aromatic rings. The Balaban J connectivity index is 3.62. The van der Waals surface area contributed by atoms with Crippen LogP contribution in [0.2, 0.25) is 0 Å². The Kier molecular flexibility index (Phi) is 18.1. The molecule has 0 aliphatic heterocycles. The van der Waals surface area contributed by atoms with E-state index in [2.05, 4.69) is 56.4 Å². The first-order chi connectivity index (χ1) is 11.3. The molecule has 0 aromatic heterocycles. The van der Waals surface area contributed by atoms with E-state index in [0.29, 0.717) is 0 Å². The maximum absolute atomic E-state index is 8.66. The third-order valence-electron chi connectivity index (χ3n) is 4.08. The zero-order chi connectivity index (χ0) is 17.0. The Morgan fingerprint density at radius 1 is 0.739 bits per heavy atom. The first-order valence-corrected chi connectivity index (χ1v) is 9.55. The maximum Gasteiger partial charge on any atom is 0.0612 e. The molecule has 0 saturated heterocycles. The SMILES string of the molecule is CCC=CCC=CCC=CCC(CC)CCCCC/C=C/CO. The van der Waals surface area contributed by atoms with E-state index < -0.39 is 0 Å². The van der Waals surface area contributed by atoms with Crippen molar-refractivity contribution in [3.05, 3.63) is 48.6 Å². The Morgan fingerprint density at radius 3 is 2.09 bits per heavy atom. The lowest BCUT2D eigenvalue weighted by Gasteiger charge is -2.11. The number of aliphatic hydroxyl groups excluding tert-OH is 1. The van der Waals surface area contributed by atoms with E-state index in [-0.39, 0.29) is 6.61 Å². The second kappa shape index (κ2) is 19.0. The molecule has 0 radical (unpaired) electrons. The Morgan fingerprint density at radius 2 is 1.43 bits per heavy atom.